The molecule has 0 spiro atoms. The molecular weight excluding hydrogens is 240 g/mol. The zero-order valence-electron chi connectivity index (χ0n) is 10.8. The molecule has 1 atom stereocenters. The Morgan fingerprint density at radius 2 is 1.44 bits per heavy atom. The molecule has 0 rings (SSSR count). The van der Waals surface area contributed by atoms with Crippen LogP contribution in [-0.4, -0.2) is 46.1 Å². The number of hydrogen-bond acceptors (Lipinski definition) is 4. The minimum Gasteiger partial charge on any atom is -0.478 e. The number of rotatable bonds is 6. The van der Waals surface area contributed by atoms with Crippen molar-refractivity contribution in [1.82, 2.24) is 0 Å². The molecule has 6 heteroatoms. The van der Waals surface area contributed by atoms with Gasteiger partial charge in [0.05, 0.1) is 6.10 Å². The molecule has 0 bridgehead atoms. The molecule has 0 aromatic carbocycles. The molecule has 1 unspecified atom stereocenters. The summed E-state index contributed by atoms with van der Waals surface area (Å²) in [4.78, 5) is 21.5. The molecule has 0 aliphatic heterocycles. The fourth-order valence-corrected chi connectivity index (χ4v) is 1.28. The third-order valence-corrected chi connectivity index (χ3v) is 2.57. The quantitative estimate of drug-likeness (QED) is 0.609. The van der Waals surface area contributed by atoms with Gasteiger partial charge in [-0.15, -0.1) is 0 Å². The Morgan fingerprint density at radius 1 is 1.11 bits per heavy atom. The zero-order chi connectivity index (χ0) is 14.5. The van der Waals surface area contributed by atoms with Crippen molar-refractivity contribution in [1.29, 1.82) is 0 Å². The van der Waals surface area contributed by atoms with Gasteiger partial charge in [0.25, 0.3) is 0 Å². The maximum atomic E-state index is 10.8. The molecule has 0 heterocycles. The van der Waals surface area contributed by atoms with Crippen molar-refractivity contribution in [2.75, 3.05) is 7.11 Å². The van der Waals surface area contributed by atoms with E-state index >= 15 is 0 Å². The van der Waals surface area contributed by atoms with Crippen LogP contribution in [0.4, 0.5) is 0 Å². The lowest BCUT2D eigenvalue weighted by molar-refractivity contribution is -0.133. The van der Waals surface area contributed by atoms with E-state index in [0.29, 0.717) is 0 Å². The highest BCUT2D eigenvalue weighted by atomic mass is 16.5. The third-order valence-electron chi connectivity index (χ3n) is 2.57. The van der Waals surface area contributed by atoms with Crippen LogP contribution in [0.1, 0.15) is 20.8 Å². The molecule has 102 valence electrons. The normalized spacial score (nSPS) is 18.1. The van der Waals surface area contributed by atoms with Gasteiger partial charge in [-0.1, -0.05) is 0 Å². The van der Waals surface area contributed by atoms with Gasteiger partial charge in [0, 0.05) is 18.3 Å². The molecular formula is C12H18O6. The SMILES string of the molecule is COC(C)C(O)(C=C(C)C(=O)O)C=C(C)C(=O)O. The Bertz CT molecular complexity index is 363. The van der Waals surface area contributed by atoms with E-state index in [0.717, 1.165) is 12.2 Å². The van der Waals surface area contributed by atoms with Gasteiger partial charge >= 0.3 is 11.9 Å². The van der Waals surface area contributed by atoms with Crippen LogP contribution in [0.5, 0.6) is 0 Å². The molecule has 0 aromatic rings. The molecule has 0 aromatic heterocycles. The van der Waals surface area contributed by atoms with Crippen LogP contribution in [0.3, 0.4) is 0 Å². The van der Waals surface area contributed by atoms with Gasteiger partial charge in [-0.3, -0.25) is 0 Å². The average molecular weight is 258 g/mol. The zero-order valence-corrected chi connectivity index (χ0v) is 10.8. The summed E-state index contributed by atoms with van der Waals surface area (Å²) in [6.45, 7) is 4.12. The first kappa shape index (κ1) is 16.3. The molecule has 6 nitrogen and oxygen atoms in total. The van der Waals surface area contributed by atoms with E-state index in [2.05, 4.69) is 0 Å². The lowest BCUT2D eigenvalue weighted by Crippen LogP contribution is -2.39. The first-order valence-corrected chi connectivity index (χ1v) is 5.24. The minimum atomic E-state index is -1.79. The van der Waals surface area contributed by atoms with Gasteiger partial charge in [0.2, 0.25) is 0 Å². The molecule has 3 N–H and O–H groups in total. The van der Waals surface area contributed by atoms with Crippen LogP contribution in [-0.2, 0) is 14.3 Å². The number of carboxylic acid groups (broad SMARTS) is 2. The van der Waals surface area contributed by atoms with E-state index in [-0.39, 0.29) is 11.1 Å². The molecule has 18 heavy (non-hydrogen) atoms. The standard InChI is InChI=1S/C12H18O6/c1-7(10(13)14)5-12(17,9(3)18-4)6-8(2)11(15)16/h5-6,9,17H,1-4H3,(H,13,14)(H,15,16). The fraction of sp³-hybridized carbons (Fsp3) is 0.500. The maximum absolute atomic E-state index is 10.8. The smallest absolute Gasteiger partial charge is 0.331 e. The molecule has 0 saturated heterocycles. The Balaban J connectivity index is 5.60. The summed E-state index contributed by atoms with van der Waals surface area (Å²) in [6.07, 6.45) is 1.34. The van der Waals surface area contributed by atoms with Crippen LogP contribution >= 0.6 is 0 Å². The van der Waals surface area contributed by atoms with Gasteiger partial charge in [0.1, 0.15) is 5.60 Å². The summed E-state index contributed by atoms with van der Waals surface area (Å²) in [7, 11) is 1.34. The highest BCUT2D eigenvalue weighted by molar-refractivity contribution is 5.87. The topological polar surface area (TPSA) is 104 Å². The molecule has 0 aliphatic carbocycles. The number of carbonyl (C=O) groups is 2. The monoisotopic (exact) mass is 258 g/mol. The van der Waals surface area contributed by atoms with E-state index in [9.17, 15) is 14.7 Å². The second kappa shape index (κ2) is 6.32. The Morgan fingerprint density at radius 3 is 1.67 bits per heavy atom. The van der Waals surface area contributed by atoms with Gasteiger partial charge in [-0.25, -0.2) is 9.59 Å². The first-order chi connectivity index (χ1) is 8.14. The Labute approximate surface area is 105 Å². The van der Waals surface area contributed by atoms with Crippen molar-refractivity contribution in [2.45, 2.75) is 32.5 Å². The van der Waals surface area contributed by atoms with Crippen molar-refractivity contribution in [2.24, 2.45) is 0 Å². The van der Waals surface area contributed by atoms with Gasteiger partial charge in [-0.2, -0.15) is 0 Å². The molecule has 0 saturated carbocycles. The number of methoxy groups -OCH3 is 1. The van der Waals surface area contributed by atoms with E-state index < -0.39 is 23.6 Å². The number of ether oxygens (including phenoxy) is 1. The van der Waals surface area contributed by atoms with Crippen molar-refractivity contribution >= 4 is 11.9 Å². The number of carboxylic acids is 2. The van der Waals surface area contributed by atoms with E-state index in [1.54, 1.807) is 0 Å². The highest BCUT2D eigenvalue weighted by Gasteiger charge is 2.31. The van der Waals surface area contributed by atoms with Crippen LogP contribution in [0.15, 0.2) is 23.3 Å². The molecule has 0 aliphatic rings. The van der Waals surface area contributed by atoms with Gasteiger partial charge < -0.3 is 20.1 Å². The second-order valence-electron chi connectivity index (χ2n) is 4.03. The summed E-state index contributed by atoms with van der Waals surface area (Å²) in [5.41, 5.74) is -1.99. The largest absolute Gasteiger partial charge is 0.478 e. The summed E-state index contributed by atoms with van der Waals surface area (Å²) in [6, 6.07) is 0. The highest BCUT2D eigenvalue weighted by Crippen LogP contribution is 2.21. The van der Waals surface area contributed by atoms with Crippen molar-refractivity contribution in [3.8, 4) is 0 Å². The predicted octanol–water partition coefficient (Wildman–Crippen LogP) is 0.814. The predicted molar refractivity (Wildman–Crippen MR) is 64.2 cm³/mol. The van der Waals surface area contributed by atoms with Crippen LogP contribution in [0.2, 0.25) is 0 Å². The lowest BCUT2D eigenvalue weighted by atomic mass is 9.92. The lowest BCUT2D eigenvalue weighted by Gasteiger charge is -2.28. The third kappa shape index (κ3) is 4.31. The summed E-state index contributed by atoms with van der Waals surface area (Å²) in [5, 5.41) is 27.9. The minimum absolute atomic E-state index is 0.101. The van der Waals surface area contributed by atoms with Crippen LogP contribution in [0.25, 0.3) is 0 Å². The van der Waals surface area contributed by atoms with E-state index in [1.807, 2.05) is 0 Å². The summed E-state index contributed by atoms with van der Waals surface area (Å²) < 4.78 is 4.95. The number of hydrogen-bond donors (Lipinski definition) is 3. The maximum Gasteiger partial charge on any atom is 0.331 e. The van der Waals surface area contributed by atoms with Gasteiger partial charge in [0.15, 0.2) is 0 Å². The van der Waals surface area contributed by atoms with E-state index in [4.69, 9.17) is 14.9 Å². The molecule has 0 amide bonds. The van der Waals surface area contributed by atoms with Crippen LogP contribution in [0, 0.1) is 0 Å². The van der Waals surface area contributed by atoms with E-state index in [1.165, 1.54) is 27.9 Å². The Kier molecular flexibility index (Phi) is 5.74. The van der Waals surface area contributed by atoms with Crippen molar-refractivity contribution < 1.29 is 29.6 Å². The second-order valence-corrected chi connectivity index (χ2v) is 4.03. The summed E-state index contributed by atoms with van der Waals surface area (Å²) in [5.74, 6) is -2.39. The first-order valence-electron chi connectivity index (χ1n) is 5.24. The number of aliphatic carboxylic acids is 2. The summed E-state index contributed by atoms with van der Waals surface area (Å²) >= 11 is 0. The fourth-order valence-electron chi connectivity index (χ4n) is 1.28. The van der Waals surface area contributed by atoms with Crippen LogP contribution < -0.4 is 0 Å². The molecule has 0 fully saturated rings. The van der Waals surface area contributed by atoms with Crippen molar-refractivity contribution in [3.63, 3.8) is 0 Å². The average Bonchev–Trinajstić information content (AvgIpc) is 2.27. The van der Waals surface area contributed by atoms with Crippen molar-refractivity contribution in [3.05, 3.63) is 23.3 Å². The molecule has 0 radical (unpaired) electrons. The Hall–Kier alpha value is -1.66. The van der Waals surface area contributed by atoms with Gasteiger partial charge in [-0.05, 0) is 32.9 Å². The number of aliphatic hydroxyl groups is 1.